The second kappa shape index (κ2) is 9.01. The van der Waals surface area contributed by atoms with Gasteiger partial charge in [0.15, 0.2) is 0 Å². The highest BCUT2D eigenvalue weighted by Gasteiger charge is 2.33. The molecule has 4 rings (SSSR count). The van der Waals surface area contributed by atoms with Crippen molar-refractivity contribution in [3.05, 3.63) is 50.4 Å². The molecule has 1 amide bonds. The Labute approximate surface area is 204 Å². The molecule has 10 nitrogen and oxygen atoms in total. The Bertz CT molecular complexity index is 1430. The van der Waals surface area contributed by atoms with Gasteiger partial charge in [-0.25, -0.2) is 9.86 Å². The number of thiophene rings is 1. The number of aliphatic hydroxyl groups excluding tert-OH is 1. The van der Waals surface area contributed by atoms with Gasteiger partial charge in [-0.2, -0.15) is 0 Å². The van der Waals surface area contributed by atoms with Crippen molar-refractivity contribution in [2.24, 2.45) is 13.0 Å². The van der Waals surface area contributed by atoms with Crippen LogP contribution in [0.2, 0.25) is 9.49 Å². The lowest BCUT2D eigenvalue weighted by Gasteiger charge is -2.15. The molecule has 0 unspecified atom stereocenters. The van der Waals surface area contributed by atoms with E-state index in [2.05, 4.69) is 0 Å². The Morgan fingerprint density at radius 1 is 1.21 bits per heavy atom. The molecule has 33 heavy (non-hydrogen) atoms. The molecule has 0 saturated carbocycles. The van der Waals surface area contributed by atoms with E-state index in [1.807, 2.05) is 13.8 Å². The summed E-state index contributed by atoms with van der Waals surface area (Å²) >= 11 is 14.0. The summed E-state index contributed by atoms with van der Waals surface area (Å²) < 4.78 is 3.72. The van der Waals surface area contributed by atoms with Gasteiger partial charge in [0.2, 0.25) is 0 Å². The molecule has 0 spiro atoms. The summed E-state index contributed by atoms with van der Waals surface area (Å²) in [6.07, 6.45) is -0.864. The monoisotopic (exact) mass is 534 g/mol. The van der Waals surface area contributed by atoms with Crippen LogP contribution in [0.1, 0.15) is 29.1 Å². The quantitative estimate of drug-likeness (QED) is 0.533. The fraction of sp³-hybridized carbons (Fsp3) is 0.474. The lowest BCUT2D eigenvalue weighted by molar-refractivity contribution is -0.0778. The summed E-state index contributed by atoms with van der Waals surface area (Å²) in [7, 11) is 1.35. The van der Waals surface area contributed by atoms with Crippen molar-refractivity contribution in [3.63, 3.8) is 0 Å². The Morgan fingerprint density at radius 2 is 1.91 bits per heavy atom. The number of halogens is 2. The molecule has 0 bridgehead atoms. The van der Waals surface area contributed by atoms with E-state index in [-0.39, 0.29) is 46.1 Å². The topological polar surface area (TPSA) is 116 Å². The van der Waals surface area contributed by atoms with Crippen LogP contribution in [0.3, 0.4) is 0 Å². The SMILES string of the molecule is CC(C)Cn1c(=O)n(C)c(=O)c2c(C(=O)N3C[C@H](O)CO3)c(Cn3c(Cl)c(Cl)sc3=O)sc21. The number of carbonyl (C=O) groups excluding carboxylic acids is 1. The van der Waals surface area contributed by atoms with E-state index in [0.29, 0.717) is 16.3 Å². The van der Waals surface area contributed by atoms with Crippen molar-refractivity contribution in [1.29, 1.82) is 0 Å². The number of β-amino-alcohol motifs (C(OH)–C–C–N with tert-alkyl or cyclic N) is 1. The van der Waals surface area contributed by atoms with E-state index < -0.39 is 28.1 Å². The molecule has 0 aromatic carbocycles. The molecular weight excluding hydrogens is 515 g/mol. The summed E-state index contributed by atoms with van der Waals surface area (Å²) in [5.74, 6) is -0.567. The molecule has 178 valence electrons. The molecule has 3 aromatic heterocycles. The standard InChI is InChI=1S/C19H20Cl2N4O6S2/c1-8(2)4-24-17-12(15(27)22(3)18(24)29)11(16(28)25-5-9(26)7-31-25)10(32-17)6-23-13(20)14(21)33-19(23)30/h8-9,26H,4-7H2,1-3H3/t9-/m0/s1. The van der Waals surface area contributed by atoms with Crippen LogP contribution in [0.4, 0.5) is 0 Å². The van der Waals surface area contributed by atoms with Gasteiger partial charge < -0.3 is 5.11 Å². The minimum Gasteiger partial charge on any atom is -0.389 e. The van der Waals surface area contributed by atoms with Gasteiger partial charge in [0.1, 0.15) is 27.0 Å². The Kier molecular flexibility index (Phi) is 6.60. The molecule has 14 heteroatoms. The van der Waals surface area contributed by atoms with Gasteiger partial charge in [-0.05, 0) is 5.92 Å². The van der Waals surface area contributed by atoms with Crippen molar-refractivity contribution in [2.45, 2.75) is 33.0 Å². The van der Waals surface area contributed by atoms with Gasteiger partial charge in [-0.3, -0.25) is 32.9 Å². The van der Waals surface area contributed by atoms with E-state index in [4.69, 9.17) is 28.0 Å². The number of fused-ring (bicyclic) bond motifs is 1. The van der Waals surface area contributed by atoms with Gasteiger partial charge in [-0.1, -0.05) is 48.4 Å². The van der Waals surface area contributed by atoms with Crippen LogP contribution in [0.5, 0.6) is 0 Å². The highest BCUT2D eigenvalue weighted by molar-refractivity contribution is 7.19. The second-order valence-corrected chi connectivity index (χ2v) is 11.1. The number of aliphatic hydroxyl groups is 1. The third kappa shape index (κ3) is 4.19. The van der Waals surface area contributed by atoms with Gasteiger partial charge in [0, 0.05) is 18.5 Å². The summed E-state index contributed by atoms with van der Waals surface area (Å²) in [5.41, 5.74) is -1.13. The van der Waals surface area contributed by atoms with Gasteiger partial charge in [0.25, 0.3) is 11.5 Å². The van der Waals surface area contributed by atoms with E-state index in [1.165, 1.54) is 16.2 Å². The number of rotatable bonds is 5. The predicted octanol–water partition coefficient (Wildman–Crippen LogP) is 1.74. The molecule has 4 heterocycles. The van der Waals surface area contributed by atoms with Gasteiger partial charge >= 0.3 is 10.6 Å². The Balaban J connectivity index is 2.02. The van der Waals surface area contributed by atoms with Crippen molar-refractivity contribution in [1.82, 2.24) is 18.8 Å². The summed E-state index contributed by atoms with van der Waals surface area (Å²) in [6, 6.07) is 0. The molecule has 1 fully saturated rings. The smallest absolute Gasteiger partial charge is 0.331 e. The van der Waals surface area contributed by atoms with E-state index >= 15 is 0 Å². The zero-order valence-corrected chi connectivity index (χ0v) is 21.0. The summed E-state index contributed by atoms with van der Waals surface area (Å²) in [4.78, 5) is 57.4. The first-order valence-electron chi connectivity index (χ1n) is 9.93. The minimum absolute atomic E-state index is 0.00694. The van der Waals surface area contributed by atoms with Gasteiger partial charge in [0.05, 0.1) is 24.0 Å². The van der Waals surface area contributed by atoms with Crippen molar-refractivity contribution in [2.75, 3.05) is 13.2 Å². The molecule has 0 aliphatic carbocycles. The fourth-order valence-electron chi connectivity index (χ4n) is 3.62. The van der Waals surface area contributed by atoms with Crippen molar-refractivity contribution >= 4 is 62.0 Å². The van der Waals surface area contributed by atoms with Crippen LogP contribution in [0.15, 0.2) is 14.4 Å². The third-order valence-electron chi connectivity index (χ3n) is 5.13. The number of aromatic nitrogens is 3. The normalized spacial score (nSPS) is 16.5. The van der Waals surface area contributed by atoms with Crippen LogP contribution in [0, 0.1) is 5.92 Å². The fourth-order valence-corrected chi connectivity index (χ4v) is 6.11. The first kappa shape index (κ1) is 24.2. The maximum absolute atomic E-state index is 13.5. The Hall–Kier alpha value is -1.96. The average molecular weight is 535 g/mol. The van der Waals surface area contributed by atoms with Crippen LogP contribution in [-0.2, 0) is 25.0 Å². The number of amides is 1. The number of hydrogen-bond donors (Lipinski definition) is 1. The zero-order chi connectivity index (χ0) is 24.2. The van der Waals surface area contributed by atoms with E-state index in [9.17, 15) is 24.3 Å². The number of hydrogen-bond acceptors (Lipinski definition) is 8. The molecule has 3 aromatic rings. The number of thiazole rings is 1. The van der Waals surface area contributed by atoms with Crippen molar-refractivity contribution < 1.29 is 14.7 Å². The number of hydroxylamine groups is 2. The maximum atomic E-state index is 13.5. The largest absolute Gasteiger partial charge is 0.389 e. The lowest BCUT2D eigenvalue weighted by Crippen LogP contribution is -2.39. The first-order chi connectivity index (χ1) is 15.5. The maximum Gasteiger partial charge on any atom is 0.331 e. The third-order valence-corrected chi connectivity index (χ3v) is 8.11. The molecule has 1 saturated heterocycles. The van der Waals surface area contributed by atoms with Crippen molar-refractivity contribution in [3.8, 4) is 0 Å². The summed E-state index contributed by atoms with van der Waals surface area (Å²) in [5, 5.41) is 10.9. The molecule has 1 aliphatic heterocycles. The summed E-state index contributed by atoms with van der Waals surface area (Å²) in [6.45, 7) is 3.90. The lowest BCUT2D eigenvalue weighted by atomic mass is 10.1. The molecular formula is C19H20Cl2N4O6S2. The average Bonchev–Trinajstić information content (AvgIpc) is 3.41. The van der Waals surface area contributed by atoms with Crippen LogP contribution in [-0.4, -0.2) is 49.0 Å². The highest BCUT2D eigenvalue weighted by atomic mass is 35.5. The predicted molar refractivity (Wildman–Crippen MR) is 127 cm³/mol. The molecule has 1 atom stereocenters. The van der Waals surface area contributed by atoms with Gasteiger partial charge in [-0.15, -0.1) is 11.3 Å². The van der Waals surface area contributed by atoms with Crippen LogP contribution >= 0.6 is 45.9 Å². The molecule has 0 radical (unpaired) electrons. The first-order valence-corrected chi connectivity index (χ1v) is 12.3. The molecule has 1 aliphatic rings. The Morgan fingerprint density at radius 3 is 2.45 bits per heavy atom. The highest BCUT2D eigenvalue weighted by Crippen LogP contribution is 2.33. The number of carbonyl (C=O) groups is 1. The van der Waals surface area contributed by atoms with Crippen LogP contribution in [0.25, 0.3) is 10.2 Å². The number of nitrogens with zero attached hydrogens (tertiary/aromatic N) is 4. The van der Waals surface area contributed by atoms with E-state index in [1.54, 1.807) is 0 Å². The second-order valence-electron chi connectivity index (χ2n) is 8.07. The van der Waals surface area contributed by atoms with Crippen LogP contribution < -0.4 is 16.1 Å². The van der Waals surface area contributed by atoms with E-state index in [0.717, 1.165) is 32.3 Å². The molecule has 1 N–H and O–H groups in total. The zero-order valence-electron chi connectivity index (χ0n) is 17.8. The minimum atomic E-state index is -0.864.